The molecule has 0 saturated carbocycles. The Balaban J connectivity index is 2.28. The van der Waals surface area contributed by atoms with Crippen LogP contribution in [0.25, 0.3) is 0 Å². The van der Waals surface area contributed by atoms with Gasteiger partial charge in [0.25, 0.3) is 0 Å². The lowest BCUT2D eigenvalue weighted by Gasteiger charge is -2.36. The number of halogens is 1. The van der Waals surface area contributed by atoms with Gasteiger partial charge in [0.2, 0.25) is 0 Å². The number of nitrogens with zero attached hydrogens (tertiary/aromatic N) is 3. The normalized spacial score (nSPS) is 17.2. The predicted molar refractivity (Wildman–Crippen MR) is 74.4 cm³/mol. The Kier molecular flexibility index (Phi) is 3.97. The molecule has 0 atom stereocenters. The maximum absolute atomic E-state index is 11.8. The number of aromatic nitrogens is 1. The summed E-state index contributed by atoms with van der Waals surface area (Å²) < 4.78 is 2.16. The van der Waals surface area contributed by atoms with E-state index in [0.29, 0.717) is 0 Å². The summed E-state index contributed by atoms with van der Waals surface area (Å²) in [5, 5.41) is 2.30. The van der Waals surface area contributed by atoms with Gasteiger partial charge in [-0.2, -0.15) is 0 Å². The fraction of sp³-hybridized carbons (Fsp3) is 0.615. The number of carbonyl (C=O) groups is 1. The number of hydrogen-bond acceptors (Lipinski definition) is 3. The summed E-state index contributed by atoms with van der Waals surface area (Å²) >= 11 is 5.65. The highest BCUT2D eigenvalue weighted by atomic mass is 35.5. The van der Waals surface area contributed by atoms with E-state index in [1.807, 2.05) is 19.9 Å². The van der Waals surface area contributed by atoms with Crippen molar-refractivity contribution in [3.05, 3.63) is 23.0 Å². The quantitative estimate of drug-likeness (QED) is 0.614. The molecule has 0 spiro atoms. The van der Waals surface area contributed by atoms with E-state index >= 15 is 0 Å². The zero-order chi connectivity index (χ0) is 13.3. The Morgan fingerprint density at radius 3 is 2.44 bits per heavy atom. The number of Topliss-reactive ketones (excluding diaryl/α,β-unsaturated/α-hetero) is 1. The highest BCUT2D eigenvalue weighted by Gasteiger charge is 2.21. The van der Waals surface area contributed by atoms with E-state index in [9.17, 15) is 4.79 Å². The first-order valence-electron chi connectivity index (χ1n) is 6.26. The maximum Gasteiger partial charge on any atom is 0.179 e. The monoisotopic (exact) mass is 269 g/mol. The van der Waals surface area contributed by atoms with Gasteiger partial charge in [-0.25, -0.2) is 0 Å². The number of likely N-dealkylation sites (N-methyl/N-ethyl adjacent to an activating group) is 1. The number of hydrogen-bond donors (Lipinski definition) is 0. The van der Waals surface area contributed by atoms with E-state index in [2.05, 4.69) is 21.6 Å². The van der Waals surface area contributed by atoms with Gasteiger partial charge in [0, 0.05) is 43.1 Å². The van der Waals surface area contributed by atoms with Crippen molar-refractivity contribution < 1.29 is 4.79 Å². The lowest BCUT2D eigenvalue weighted by Crippen LogP contribution is -2.50. The van der Waals surface area contributed by atoms with Crippen LogP contribution in [0.3, 0.4) is 0 Å². The minimum Gasteiger partial charge on any atom is -0.310 e. The highest BCUT2D eigenvalue weighted by molar-refractivity contribution is 6.30. The van der Waals surface area contributed by atoms with Crippen molar-refractivity contribution >= 4 is 17.4 Å². The molecule has 0 radical (unpaired) electrons. The molecule has 1 aliphatic heterocycles. The largest absolute Gasteiger partial charge is 0.310 e. The van der Waals surface area contributed by atoms with Gasteiger partial charge in [0.1, 0.15) is 0 Å². The van der Waals surface area contributed by atoms with E-state index in [1.165, 1.54) is 0 Å². The van der Waals surface area contributed by atoms with E-state index in [-0.39, 0.29) is 11.7 Å². The fourth-order valence-corrected chi connectivity index (χ4v) is 2.68. The summed E-state index contributed by atoms with van der Waals surface area (Å²) in [7, 11) is 2.13. The van der Waals surface area contributed by atoms with Crippen LogP contribution in [0.15, 0.2) is 6.07 Å². The van der Waals surface area contributed by atoms with Crippen LogP contribution in [0.4, 0.5) is 0 Å². The maximum atomic E-state index is 11.8. The van der Waals surface area contributed by atoms with Gasteiger partial charge in [0.05, 0.1) is 5.88 Å². The minimum absolute atomic E-state index is 0.00476. The van der Waals surface area contributed by atoms with Gasteiger partial charge >= 0.3 is 0 Å². The molecular formula is C13H20ClN3O. The van der Waals surface area contributed by atoms with Crippen molar-refractivity contribution in [3.63, 3.8) is 0 Å². The third-order valence-corrected chi connectivity index (χ3v) is 3.82. The molecule has 100 valence electrons. The molecular weight excluding hydrogens is 250 g/mol. The first-order chi connectivity index (χ1) is 8.54. The number of rotatable bonds is 3. The summed E-state index contributed by atoms with van der Waals surface area (Å²) in [6, 6.07) is 1.94. The zero-order valence-electron chi connectivity index (χ0n) is 11.2. The van der Waals surface area contributed by atoms with Gasteiger partial charge < -0.3 is 9.91 Å². The van der Waals surface area contributed by atoms with Gasteiger partial charge in [-0.15, -0.1) is 11.6 Å². The number of carbonyl (C=O) groups excluding carboxylic acids is 1. The second-order valence-corrected chi connectivity index (χ2v) is 5.18. The summed E-state index contributed by atoms with van der Waals surface area (Å²) in [6.07, 6.45) is 0. The number of ketones is 1. The Morgan fingerprint density at radius 1 is 1.28 bits per heavy atom. The van der Waals surface area contributed by atoms with E-state index in [1.54, 1.807) is 0 Å². The molecule has 18 heavy (non-hydrogen) atoms. The standard InChI is InChI=1S/C13H20ClN3O/c1-10-8-12(13(18)9-14)11(2)17(10)16-6-4-15(3)5-7-16/h8H,4-7,9H2,1-3H3. The Hall–Kier alpha value is -1.00. The van der Waals surface area contributed by atoms with Crippen molar-refractivity contribution in [2.45, 2.75) is 13.8 Å². The van der Waals surface area contributed by atoms with Crippen LogP contribution < -0.4 is 5.01 Å². The first-order valence-corrected chi connectivity index (χ1v) is 6.80. The topological polar surface area (TPSA) is 28.5 Å². The van der Waals surface area contributed by atoms with E-state index < -0.39 is 0 Å². The van der Waals surface area contributed by atoms with Crippen LogP contribution in [0.2, 0.25) is 0 Å². The predicted octanol–water partition coefficient (Wildman–Crippen LogP) is 1.41. The molecule has 2 rings (SSSR count). The molecule has 1 aliphatic rings. The van der Waals surface area contributed by atoms with Crippen molar-refractivity contribution in [1.82, 2.24) is 9.58 Å². The molecule has 1 aromatic heterocycles. The Labute approximate surface area is 113 Å². The molecule has 5 heteroatoms. The zero-order valence-corrected chi connectivity index (χ0v) is 12.0. The molecule has 1 fully saturated rings. The third-order valence-electron chi connectivity index (χ3n) is 3.58. The average molecular weight is 270 g/mol. The SMILES string of the molecule is Cc1cc(C(=O)CCl)c(C)n1N1CCN(C)CC1. The lowest BCUT2D eigenvalue weighted by molar-refractivity contribution is 0.102. The van der Waals surface area contributed by atoms with Crippen molar-refractivity contribution in [2.24, 2.45) is 0 Å². The molecule has 0 aliphatic carbocycles. The molecule has 4 nitrogen and oxygen atoms in total. The second kappa shape index (κ2) is 5.33. The molecule has 2 heterocycles. The summed E-state index contributed by atoms with van der Waals surface area (Å²) in [4.78, 5) is 14.1. The number of piperazine rings is 1. The molecule has 1 aromatic rings. The van der Waals surface area contributed by atoms with Crippen molar-refractivity contribution in [3.8, 4) is 0 Å². The van der Waals surface area contributed by atoms with Gasteiger partial charge in [-0.05, 0) is 27.0 Å². The fourth-order valence-electron chi connectivity index (χ4n) is 2.54. The van der Waals surface area contributed by atoms with E-state index in [0.717, 1.165) is 43.1 Å². The van der Waals surface area contributed by atoms with E-state index in [4.69, 9.17) is 11.6 Å². The Morgan fingerprint density at radius 2 is 1.89 bits per heavy atom. The molecule has 0 aromatic carbocycles. The average Bonchev–Trinajstić information content (AvgIpc) is 2.65. The Bertz CT molecular complexity index is 447. The van der Waals surface area contributed by atoms with Crippen LogP contribution in [-0.2, 0) is 0 Å². The van der Waals surface area contributed by atoms with Gasteiger partial charge in [-0.3, -0.25) is 9.47 Å². The minimum atomic E-state index is 0.00476. The summed E-state index contributed by atoms with van der Waals surface area (Å²) in [5.74, 6) is 0.0534. The molecule has 1 saturated heterocycles. The molecule has 0 amide bonds. The van der Waals surface area contributed by atoms with Crippen LogP contribution in [0, 0.1) is 13.8 Å². The smallest absolute Gasteiger partial charge is 0.179 e. The number of aryl methyl sites for hydroxylation is 1. The first kappa shape index (κ1) is 13.4. The van der Waals surface area contributed by atoms with Crippen LogP contribution in [0.1, 0.15) is 21.7 Å². The molecule has 0 bridgehead atoms. The molecule has 0 N–H and O–H groups in total. The highest BCUT2D eigenvalue weighted by Crippen LogP contribution is 2.17. The second-order valence-electron chi connectivity index (χ2n) is 4.91. The van der Waals surface area contributed by atoms with Crippen LogP contribution in [0.5, 0.6) is 0 Å². The van der Waals surface area contributed by atoms with Crippen molar-refractivity contribution in [2.75, 3.05) is 44.1 Å². The summed E-state index contributed by atoms with van der Waals surface area (Å²) in [5.41, 5.74) is 2.86. The lowest BCUT2D eigenvalue weighted by atomic mass is 10.2. The van der Waals surface area contributed by atoms with Crippen LogP contribution in [-0.4, -0.2) is 54.5 Å². The third kappa shape index (κ3) is 2.40. The van der Waals surface area contributed by atoms with Crippen LogP contribution >= 0.6 is 11.6 Å². The van der Waals surface area contributed by atoms with Gasteiger partial charge in [-0.1, -0.05) is 0 Å². The molecule has 0 unspecified atom stereocenters. The summed E-state index contributed by atoms with van der Waals surface area (Å²) in [6.45, 7) is 8.11. The van der Waals surface area contributed by atoms with Gasteiger partial charge in [0.15, 0.2) is 5.78 Å². The number of alkyl halides is 1. The van der Waals surface area contributed by atoms with Crippen molar-refractivity contribution in [1.29, 1.82) is 0 Å².